The van der Waals surface area contributed by atoms with Crippen molar-refractivity contribution in [2.45, 2.75) is 16.3 Å². The Labute approximate surface area is 152 Å². The van der Waals surface area contributed by atoms with E-state index in [1.165, 1.54) is 6.07 Å². The SMILES string of the molecule is CN(C)Cc1cc(S(N)(=O)=O)ccc1Oc1ccc2c(c1)OCCS2. The number of rotatable bonds is 5. The average molecular weight is 380 g/mol. The van der Waals surface area contributed by atoms with E-state index in [0.29, 0.717) is 24.7 Å². The summed E-state index contributed by atoms with van der Waals surface area (Å²) in [6, 6.07) is 10.3. The number of nitrogens with two attached hydrogens (primary N) is 1. The summed E-state index contributed by atoms with van der Waals surface area (Å²) >= 11 is 1.75. The summed E-state index contributed by atoms with van der Waals surface area (Å²) in [6.07, 6.45) is 0. The Morgan fingerprint density at radius 2 is 2.04 bits per heavy atom. The van der Waals surface area contributed by atoms with E-state index in [0.717, 1.165) is 22.0 Å². The van der Waals surface area contributed by atoms with Crippen LogP contribution in [0, 0.1) is 0 Å². The van der Waals surface area contributed by atoms with E-state index >= 15 is 0 Å². The van der Waals surface area contributed by atoms with Gasteiger partial charge in [-0.1, -0.05) is 0 Å². The molecule has 8 heteroatoms. The number of sulfonamides is 1. The Morgan fingerprint density at radius 1 is 1.24 bits per heavy atom. The second-order valence-electron chi connectivity index (χ2n) is 5.96. The highest BCUT2D eigenvalue weighted by molar-refractivity contribution is 7.99. The van der Waals surface area contributed by atoms with Gasteiger partial charge in [0.25, 0.3) is 0 Å². The zero-order valence-corrected chi connectivity index (χ0v) is 15.7. The highest BCUT2D eigenvalue weighted by Crippen LogP contribution is 2.37. The Hall–Kier alpha value is -1.74. The fourth-order valence-corrected chi connectivity index (χ4v) is 3.89. The highest BCUT2D eigenvalue weighted by atomic mass is 32.2. The minimum absolute atomic E-state index is 0.0712. The zero-order valence-electron chi connectivity index (χ0n) is 14.1. The molecule has 1 aliphatic rings. The summed E-state index contributed by atoms with van der Waals surface area (Å²) in [5.41, 5.74) is 0.740. The number of thioether (sulfide) groups is 1. The van der Waals surface area contributed by atoms with Gasteiger partial charge < -0.3 is 14.4 Å². The maximum absolute atomic E-state index is 11.6. The Balaban J connectivity index is 1.93. The smallest absolute Gasteiger partial charge is 0.238 e. The average Bonchev–Trinajstić information content (AvgIpc) is 2.55. The van der Waals surface area contributed by atoms with E-state index in [2.05, 4.69) is 0 Å². The summed E-state index contributed by atoms with van der Waals surface area (Å²) < 4.78 is 34.9. The fraction of sp³-hybridized carbons (Fsp3) is 0.294. The molecular weight excluding hydrogens is 360 g/mol. The van der Waals surface area contributed by atoms with Gasteiger partial charge in [-0.3, -0.25) is 0 Å². The molecule has 0 aliphatic carbocycles. The molecule has 134 valence electrons. The number of ether oxygens (including phenoxy) is 2. The molecule has 1 heterocycles. The monoisotopic (exact) mass is 380 g/mol. The van der Waals surface area contributed by atoms with E-state index in [9.17, 15) is 8.42 Å². The standard InChI is InChI=1S/C17H20N2O4S2/c1-19(2)11-12-9-14(25(18,20)21)4-5-15(12)23-13-3-6-17-16(10-13)22-7-8-24-17/h3-6,9-10H,7-8,11H2,1-2H3,(H2,18,20,21). The van der Waals surface area contributed by atoms with Crippen molar-refractivity contribution >= 4 is 21.8 Å². The van der Waals surface area contributed by atoms with E-state index in [4.69, 9.17) is 14.6 Å². The van der Waals surface area contributed by atoms with Crippen LogP contribution >= 0.6 is 11.8 Å². The van der Waals surface area contributed by atoms with Crippen molar-refractivity contribution in [3.8, 4) is 17.2 Å². The first-order valence-electron chi connectivity index (χ1n) is 7.71. The Bertz CT molecular complexity index is 882. The molecule has 0 bridgehead atoms. The van der Waals surface area contributed by atoms with E-state index in [1.54, 1.807) is 23.9 Å². The predicted octanol–water partition coefficient (Wildman–Crippen LogP) is 2.67. The number of benzene rings is 2. The van der Waals surface area contributed by atoms with Crippen LogP contribution in [-0.4, -0.2) is 39.8 Å². The first kappa shape index (κ1) is 18.1. The molecule has 0 atom stereocenters. The molecule has 0 unspecified atom stereocenters. The molecule has 1 aliphatic heterocycles. The van der Waals surface area contributed by atoms with Gasteiger partial charge in [-0.05, 0) is 44.4 Å². The molecule has 0 saturated carbocycles. The van der Waals surface area contributed by atoms with Crippen molar-refractivity contribution in [3.05, 3.63) is 42.0 Å². The van der Waals surface area contributed by atoms with Crippen molar-refractivity contribution in [3.63, 3.8) is 0 Å². The van der Waals surface area contributed by atoms with Crippen molar-refractivity contribution in [2.75, 3.05) is 26.5 Å². The fourth-order valence-electron chi connectivity index (χ4n) is 2.51. The third kappa shape index (κ3) is 4.46. The van der Waals surface area contributed by atoms with Crippen LogP contribution in [0.1, 0.15) is 5.56 Å². The molecule has 25 heavy (non-hydrogen) atoms. The molecular formula is C17H20N2O4S2. The molecule has 6 nitrogen and oxygen atoms in total. The third-order valence-electron chi connectivity index (χ3n) is 3.59. The maximum atomic E-state index is 11.6. The van der Waals surface area contributed by atoms with Crippen molar-refractivity contribution in [2.24, 2.45) is 5.14 Å². The van der Waals surface area contributed by atoms with Crippen molar-refractivity contribution in [1.29, 1.82) is 0 Å². The van der Waals surface area contributed by atoms with Crippen LogP contribution in [0.3, 0.4) is 0 Å². The van der Waals surface area contributed by atoms with Crippen LogP contribution in [0.5, 0.6) is 17.2 Å². The summed E-state index contributed by atoms with van der Waals surface area (Å²) in [4.78, 5) is 3.10. The molecule has 2 N–H and O–H groups in total. The van der Waals surface area contributed by atoms with Crippen molar-refractivity contribution in [1.82, 2.24) is 4.90 Å². The molecule has 0 aromatic heterocycles. The largest absolute Gasteiger partial charge is 0.491 e. The van der Waals surface area contributed by atoms with Crippen LogP contribution in [-0.2, 0) is 16.6 Å². The number of primary sulfonamides is 1. The molecule has 0 radical (unpaired) electrons. The lowest BCUT2D eigenvalue weighted by Gasteiger charge is -2.19. The quantitative estimate of drug-likeness (QED) is 0.859. The zero-order chi connectivity index (χ0) is 18.0. The molecule has 2 aromatic carbocycles. The lowest BCUT2D eigenvalue weighted by Crippen LogP contribution is -2.15. The van der Waals surface area contributed by atoms with Gasteiger partial charge in [-0.15, -0.1) is 11.8 Å². The lowest BCUT2D eigenvalue weighted by molar-refractivity contribution is 0.327. The van der Waals surface area contributed by atoms with Crippen LogP contribution in [0.15, 0.2) is 46.2 Å². The van der Waals surface area contributed by atoms with Crippen LogP contribution in [0.25, 0.3) is 0 Å². The van der Waals surface area contributed by atoms with Gasteiger partial charge in [0.2, 0.25) is 10.0 Å². The van der Waals surface area contributed by atoms with Gasteiger partial charge in [-0.25, -0.2) is 13.6 Å². The van der Waals surface area contributed by atoms with Gasteiger partial charge in [-0.2, -0.15) is 0 Å². The third-order valence-corrected chi connectivity index (χ3v) is 5.52. The summed E-state index contributed by atoms with van der Waals surface area (Å²) in [6.45, 7) is 1.20. The van der Waals surface area contributed by atoms with Gasteiger partial charge in [0, 0.05) is 28.8 Å². The molecule has 3 rings (SSSR count). The normalized spacial score (nSPS) is 14.1. The maximum Gasteiger partial charge on any atom is 0.238 e. The lowest BCUT2D eigenvalue weighted by atomic mass is 10.2. The number of hydrogen-bond donors (Lipinski definition) is 1. The topological polar surface area (TPSA) is 81.9 Å². The van der Waals surface area contributed by atoms with Crippen LogP contribution in [0.2, 0.25) is 0 Å². The predicted molar refractivity (Wildman–Crippen MR) is 97.9 cm³/mol. The highest BCUT2D eigenvalue weighted by Gasteiger charge is 2.16. The molecule has 0 spiro atoms. The van der Waals surface area contributed by atoms with Crippen molar-refractivity contribution < 1.29 is 17.9 Å². The number of nitrogens with zero attached hydrogens (tertiary/aromatic N) is 1. The van der Waals surface area contributed by atoms with Gasteiger partial charge in [0.1, 0.15) is 17.2 Å². The Kier molecular flexibility index (Phi) is 5.24. The minimum Gasteiger partial charge on any atom is -0.491 e. The summed E-state index contributed by atoms with van der Waals surface area (Å²) in [5.74, 6) is 2.98. The minimum atomic E-state index is -3.76. The first-order valence-corrected chi connectivity index (χ1v) is 10.2. The van der Waals surface area contributed by atoms with Crippen LogP contribution in [0.4, 0.5) is 0 Å². The van der Waals surface area contributed by atoms with E-state index < -0.39 is 10.0 Å². The molecule has 2 aromatic rings. The van der Waals surface area contributed by atoms with E-state index in [1.807, 2.05) is 37.2 Å². The van der Waals surface area contributed by atoms with Gasteiger partial charge in [0.15, 0.2) is 0 Å². The van der Waals surface area contributed by atoms with E-state index in [-0.39, 0.29) is 4.90 Å². The first-order chi connectivity index (χ1) is 11.8. The Morgan fingerprint density at radius 3 is 2.76 bits per heavy atom. The molecule has 0 fully saturated rings. The van der Waals surface area contributed by atoms with Gasteiger partial charge in [0.05, 0.1) is 11.5 Å². The number of hydrogen-bond acceptors (Lipinski definition) is 6. The summed E-state index contributed by atoms with van der Waals surface area (Å²) in [5, 5.41) is 5.23. The molecule has 0 saturated heterocycles. The number of fused-ring (bicyclic) bond motifs is 1. The van der Waals surface area contributed by atoms with Gasteiger partial charge >= 0.3 is 0 Å². The summed E-state index contributed by atoms with van der Waals surface area (Å²) in [7, 11) is 0.0407. The second-order valence-corrected chi connectivity index (χ2v) is 8.66. The molecule has 0 amide bonds. The second kappa shape index (κ2) is 7.25. The van der Waals surface area contributed by atoms with Crippen LogP contribution < -0.4 is 14.6 Å².